The van der Waals surface area contributed by atoms with Crippen LogP contribution in [0.2, 0.25) is 0 Å². The van der Waals surface area contributed by atoms with Gasteiger partial charge in [0, 0.05) is 0 Å². The van der Waals surface area contributed by atoms with E-state index in [2.05, 4.69) is 39.1 Å². The monoisotopic (exact) mass is 233 g/mol. The van der Waals surface area contributed by atoms with Crippen molar-refractivity contribution < 1.29 is 4.79 Å². The van der Waals surface area contributed by atoms with Gasteiger partial charge in [0.25, 0.3) is 0 Å². The molecule has 0 unspecified atom stereocenters. The lowest BCUT2D eigenvalue weighted by Crippen LogP contribution is -2.23. The van der Waals surface area contributed by atoms with E-state index in [4.69, 9.17) is 0 Å². The van der Waals surface area contributed by atoms with Crippen LogP contribution in [0.5, 0.6) is 0 Å². The van der Waals surface area contributed by atoms with Crippen molar-refractivity contribution in [1.82, 2.24) is 5.32 Å². The predicted molar refractivity (Wildman–Crippen MR) is 72.6 cm³/mol. The average Bonchev–Trinajstić information content (AvgIpc) is 2.25. The van der Waals surface area contributed by atoms with Crippen molar-refractivity contribution in [2.24, 2.45) is 0 Å². The number of carbonyl (C=O) groups excluding carboxylic acids is 1. The third-order valence-electron chi connectivity index (χ3n) is 3.45. The van der Waals surface area contributed by atoms with E-state index < -0.39 is 0 Å². The standard InChI is InChI=1S/C15H23NO/c1-10-8-11(2)14(5)15(13(10)4)6-7-16-9-12(3)17/h8,16H,6-7,9H2,1-5H3. The number of Topliss-reactive ketones (excluding diaryl/α,β-unsaturated/α-hetero) is 1. The molecule has 0 radical (unpaired) electrons. The normalized spacial score (nSPS) is 10.6. The second-order valence-electron chi connectivity index (χ2n) is 4.87. The summed E-state index contributed by atoms with van der Waals surface area (Å²) in [6, 6.07) is 2.25. The van der Waals surface area contributed by atoms with Crippen LogP contribution >= 0.6 is 0 Å². The minimum atomic E-state index is 0.193. The van der Waals surface area contributed by atoms with Gasteiger partial charge in [0.1, 0.15) is 5.78 Å². The molecule has 0 aliphatic heterocycles. The number of hydrogen-bond donors (Lipinski definition) is 1. The molecule has 94 valence electrons. The van der Waals surface area contributed by atoms with Gasteiger partial charge in [-0.2, -0.15) is 0 Å². The lowest BCUT2D eigenvalue weighted by molar-refractivity contribution is -0.116. The molecule has 0 fully saturated rings. The molecule has 0 bridgehead atoms. The molecule has 0 heterocycles. The molecule has 2 heteroatoms. The van der Waals surface area contributed by atoms with Gasteiger partial charge in [0.15, 0.2) is 0 Å². The molecule has 0 saturated carbocycles. The molecule has 1 aromatic rings. The summed E-state index contributed by atoms with van der Waals surface area (Å²) in [5.41, 5.74) is 6.92. The first-order chi connectivity index (χ1) is 7.93. The highest BCUT2D eigenvalue weighted by atomic mass is 16.1. The Labute approximate surface area is 104 Å². The van der Waals surface area contributed by atoms with Crippen LogP contribution in [-0.2, 0) is 11.2 Å². The molecule has 0 aliphatic carbocycles. The number of hydrogen-bond acceptors (Lipinski definition) is 2. The summed E-state index contributed by atoms with van der Waals surface area (Å²) in [6.07, 6.45) is 0.994. The number of aryl methyl sites for hydroxylation is 2. The summed E-state index contributed by atoms with van der Waals surface area (Å²) >= 11 is 0. The van der Waals surface area contributed by atoms with Crippen molar-refractivity contribution in [2.45, 2.75) is 41.0 Å². The van der Waals surface area contributed by atoms with E-state index in [-0.39, 0.29) is 5.78 Å². The maximum absolute atomic E-state index is 10.8. The van der Waals surface area contributed by atoms with Crippen LogP contribution in [0.15, 0.2) is 6.07 Å². The zero-order chi connectivity index (χ0) is 13.0. The molecule has 1 aromatic carbocycles. The lowest BCUT2D eigenvalue weighted by atomic mass is 9.92. The van der Waals surface area contributed by atoms with E-state index in [1.807, 2.05) is 0 Å². The molecule has 0 aliphatic rings. The Morgan fingerprint density at radius 3 is 2.12 bits per heavy atom. The van der Waals surface area contributed by atoms with Gasteiger partial charge < -0.3 is 5.32 Å². The van der Waals surface area contributed by atoms with E-state index in [0.717, 1.165) is 13.0 Å². The molecule has 17 heavy (non-hydrogen) atoms. The van der Waals surface area contributed by atoms with Crippen LogP contribution in [0.3, 0.4) is 0 Å². The average molecular weight is 233 g/mol. The van der Waals surface area contributed by atoms with Crippen LogP contribution < -0.4 is 5.32 Å². The van der Waals surface area contributed by atoms with Crippen molar-refractivity contribution in [1.29, 1.82) is 0 Å². The highest BCUT2D eigenvalue weighted by Gasteiger charge is 2.07. The molecular formula is C15H23NO. The Bertz CT molecular complexity index is 395. The fourth-order valence-electron chi connectivity index (χ4n) is 2.15. The maximum Gasteiger partial charge on any atom is 0.143 e. The summed E-state index contributed by atoms with van der Waals surface area (Å²) in [4.78, 5) is 10.8. The second-order valence-corrected chi connectivity index (χ2v) is 4.87. The summed E-state index contributed by atoms with van der Waals surface area (Å²) in [5.74, 6) is 0.193. The van der Waals surface area contributed by atoms with Crippen LogP contribution in [0.4, 0.5) is 0 Å². The first kappa shape index (κ1) is 13.9. The summed E-state index contributed by atoms with van der Waals surface area (Å²) in [6.45, 7) is 11.6. The minimum absolute atomic E-state index is 0.193. The summed E-state index contributed by atoms with van der Waals surface area (Å²) in [7, 11) is 0. The van der Waals surface area contributed by atoms with Crippen LogP contribution in [-0.4, -0.2) is 18.9 Å². The Morgan fingerprint density at radius 1 is 1.12 bits per heavy atom. The zero-order valence-corrected chi connectivity index (χ0v) is 11.6. The molecular weight excluding hydrogens is 210 g/mol. The number of nitrogens with one attached hydrogen (secondary N) is 1. The summed E-state index contributed by atoms with van der Waals surface area (Å²) in [5, 5.41) is 3.18. The molecule has 1 rings (SSSR count). The molecule has 0 atom stereocenters. The molecule has 2 nitrogen and oxygen atoms in total. The second kappa shape index (κ2) is 5.97. The molecule has 0 amide bonds. The Balaban J connectivity index is 2.73. The topological polar surface area (TPSA) is 29.1 Å². The highest BCUT2D eigenvalue weighted by Crippen LogP contribution is 2.21. The molecule has 0 aromatic heterocycles. The van der Waals surface area contributed by atoms with Crippen molar-refractivity contribution in [3.63, 3.8) is 0 Å². The van der Waals surface area contributed by atoms with Gasteiger partial charge in [-0.1, -0.05) is 6.07 Å². The first-order valence-electron chi connectivity index (χ1n) is 6.20. The number of ketones is 1. The van der Waals surface area contributed by atoms with Crippen LogP contribution in [0.25, 0.3) is 0 Å². The lowest BCUT2D eigenvalue weighted by Gasteiger charge is -2.15. The predicted octanol–water partition coefficient (Wildman–Crippen LogP) is 2.64. The fourth-order valence-corrected chi connectivity index (χ4v) is 2.15. The Morgan fingerprint density at radius 2 is 1.65 bits per heavy atom. The van der Waals surface area contributed by atoms with Crippen LogP contribution in [0.1, 0.15) is 34.7 Å². The van der Waals surface area contributed by atoms with Gasteiger partial charge in [-0.15, -0.1) is 0 Å². The highest BCUT2D eigenvalue weighted by molar-refractivity contribution is 5.77. The molecule has 0 spiro atoms. The van der Waals surface area contributed by atoms with Gasteiger partial charge in [-0.25, -0.2) is 0 Å². The van der Waals surface area contributed by atoms with E-state index in [1.165, 1.54) is 27.8 Å². The molecule has 1 N–H and O–H groups in total. The number of rotatable bonds is 5. The third-order valence-corrected chi connectivity index (χ3v) is 3.45. The van der Waals surface area contributed by atoms with E-state index >= 15 is 0 Å². The smallest absolute Gasteiger partial charge is 0.143 e. The minimum Gasteiger partial charge on any atom is -0.310 e. The van der Waals surface area contributed by atoms with Crippen LogP contribution in [0, 0.1) is 27.7 Å². The fraction of sp³-hybridized carbons (Fsp3) is 0.533. The van der Waals surface area contributed by atoms with Crippen molar-refractivity contribution >= 4 is 5.78 Å². The van der Waals surface area contributed by atoms with E-state index in [9.17, 15) is 4.79 Å². The third kappa shape index (κ3) is 3.67. The summed E-state index contributed by atoms with van der Waals surface area (Å²) < 4.78 is 0. The first-order valence-corrected chi connectivity index (χ1v) is 6.20. The Kier molecular flexibility index (Phi) is 4.88. The number of benzene rings is 1. The van der Waals surface area contributed by atoms with E-state index in [0.29, 0.717) is 6.54 Å². The maximum atomic E-state index is 10.8. The van der Waals surface area contributed by atoms with Crippen molar-refractivity contribution in [2.75, 3.05) is 13.1 Å². The zero-order valence-electron chi connectivity index (χ0n) is 11.6. The van der Waals surface area contributed by atoms with Crippen molar-refractivity contribution in [3.8, 4) is 0 Å². The van der Waals surface area contributed by atoms with Crippen molar-refractivity contribution in [3.05, 3.63) is 33.9 Å². The van der Waals surface area contributed by atoms with Gasteiger partial charge >= 0.3 is 0 Å². The molecule has 0 saturated heterocycles. The Hall–Kier alpha value is -1.15. The largest absolute Gasteiger partial charge is 0.310 e. The van der Waals surface area contributed by atoms with Gasteiger partial charge in [-0.05, 0) is 75.4 Å². The van der Waals surface area contributed by atoms with Gasteiger partial charge in [0.2, 0.25) is 0 Å². The SMILES string of the molecule is CC(=O)CNCCc1c(C)c(C)cc(C)c1C. The van der Waals surface area contributed by atoms with E-state index in [1.54, 1.807) is 6.92 Å². The van der Waals surface area contributed by atoms with Gasteiger partial charge in [-0.3, -0.25) is 4.79 Å². The quantitative estimate of drug-likeness (QED) is 0.792. The van der Waals surface area contributed by atoms with Gasteiger partial charge in [0.05, 0.1) is 6.54 Å². The number of carbonyl (C=O) groups is 1.